The van der Waals surface area contributed by atoms with Gasteiger partial charge in [0.1, 0.15) is 0 Å². The smallest absolute Gasteiger partial charge is 0.240 e. The second-order valence-electron chi connectivity index (χ2n) is 6.37. The minimum Gasteiger partial charge on any atom is -0.494 e. The Morgan fingerprint density at radius 3 is 2.46 bits per heavy atom. The predicted octanol–water partition coefficient (Wildman–Crippen LogP) is 2.91. The van der Waals surface area contributed by atoms with Crippen LogP contribution in [0.5, 0.6) is 5.75 Å². The van der Waals surface area contributed by atoms with Crippen molar-refractivity contribution in [3.63, 3.8) is 0 Å². The van der Waals surface area contributed by atoms with Gasteiger partial charge in [0.25, 0.3) is 0 Å². The molecule has 1 N–H and O–H groups in total. The largest absolute Gasteiger partial charge is 0.494 e. The molecule has 0 bridgehead atoms. The first-order valence-electron chi connectivity index (χ1n) is 8.62. The third-order valence-corrected chi connectivity index (χ3v) is 6.00. The lowest BCUT2D eigenvalue weighted by Crippen LogP contribution is -2.25. The second-order valence-corrected chi connectivity index (χ2v) is 8.14. The van der Waals surface area contributed by atoms with E-state index in [1.54, 1.807) is 0 Å². The summed E-state index contributed by atoms with van der Waals surface area (Å²) < 4.78 is 46.2. The first-order valence-corrected chi connectivity index (χ1v) is 10.1. The highest BCUT2D eigenvalue weighted by Gasteiger charge is 2.18. The molecule has 0 unspecified atom stereocenters. The fourth-order valence-corrected chi connectivity index (χ4v) is 4.15. The monoisotopic (exact) mass is 378 g/mol. The van der Waals surface area contributed by atoms with Crippen molar-refractivity contribution in [1.82, 2.24) is 9.62 Å². The maximum atomic E-state index is 13.8. The molecule has 1 fully saturated rings. The summed E-state index contributed by atoms with van der Waals surface area (Å²) in [5, 5.41) is 0. The first-order chi connectivity index (χ1) is 12.5. The molecule has 0 radical (unpaired) electrons. The van der Waals surface area contributed by atoms with Gasteiger partial charge in [0.15, 0.2) is 11.6 Å². The molecule has 0 aromatic heterocycles. The molecule has 0 amide bonds. The number of benzene rings is 2. The Morgan fingerprint density at radius 1 is 1.12 bits per heavy atom. The highest BCUT2D eigenvalue weighted by atomic mass is 32.2. The summed E-state index contributed by atoms with van der Waals surface area (Å²) in [5.74, 6) is -0.690. The predicted molar refractivity (Wildman–Crippen MR) is 97.9 cm³/mol. The number of hydrogen-bond donors (Lipinski definition) is 1. The molecular formula is C19H23FN2O3S. The van der Waals surface area contributed by atoms with E-state index in [4.69, 9.17) is 4.74 Å². The fraction of sp³-hybridized carbons (Fsp3) is 0.368. The van der Waals surface area contributed by atoms with E-state index in [1.807, 2.05) is 24.3 Å². The van der Waals surface area contributed by atoms with Crippen LogP contribution in [-0.2, 0) is 23.1 Å². The molecule has 0 spiro atoms. The highest BCUT2D eigenvalue weighted by Crippen LogP contribution is 2.21. The SMILES string of the molecule is COc1ccc(S(=O)(=O)NCc2ccccc2CN2CCCC2)cc1F. The lowest BCUT2D eigenvalue weighted by atomic mass is 10.1. The number of halogens is 1. The van der Waals surface area contributed by atoms with Gasteiger partial charge in [0.05, 0.1) is 12.0 Å². The standard InChI is InChI=1S/C19H23FN2O3S/c1-25-19-9-8-17(12-18(19)20)26(23,24)21-13-15-6-2-3-7-16(15)14-22-10-4-5-11-22/h2-3,6-9,12,21H,4-5,10-11,13-14H2,1H3. The quantitative estimate of drug-likeness (QED) is 0.805. The highest BCUT2D eigenvalue weighted by molar-refractivity contribution is 7.89. The van der Waals surface area contributed by atoms with E-state index in [1.165, 1.54) is 32.1 Å². The molecule has 0 aliphatic carbocycles. The summed E-state index contributed by atoms with van der Waals surface area (Å²) in [5.41, 5.74) is 2.04. The van der Waals surface area contributed by atoms with Crippen molar-refractivity contribution >= 4 is 10.0 Å². The van der Waals surface area contributed by atoms with E-state index in [0.29, 0.717) is 0 Å². The molecule has 5 nitrogen and oxygen atoms in total. The number of sulfonamides is 1. The Hall–Kier alpha value is -1.96. The molecule has 0 saturated carbocycles. The van der Waals surface area contributed by atoms with Gasteiger partial charge in [-0.05, 0) is 55.3 Å². The molecule has 26 heavy (non-hydrogen) atoms. The Bertz CT molecular complexity index is 865. The summed E-state index contributed by atoms with van der Waals surface area (Å²) in [6.45, 7) is 3.13. The summed E-state index contributed by atoms with van der Waals surface area (Å²) in [6.07, 6.45) is 2.41. The minimum atomic E-state index is -3.81. The normalized spacial score (nSPS) is 15.3. The van der Waals surface area contributed by atoms with Gasteiger partial charge in [-0.1, -0.05) is 24.3 Å². The molecule has 3 rings (SSSR count). The van der Waals surface area contributed by atoms with Crippen molar-refractivity contribution in [2.24, 2.45) is 0 Å². The number of rotatable bonds is 7. The average Bonchev–Trinajstić information content (AvgIpc) is 3.14. The number of likely N-dealkylation sites (tertiary alicyclic amines) is 1. The fourth-order valence-electron chi connectivity index (χ4n) is 3.14. The van der Waals surface area contributed by atoms with Crippen molar-refractivity contribution in [1.29, 1.82) is 0 Å². The van der Waals surface area contributed by atoms with Crippen molar-refractivity contribution in [3.05, 3.63) is 59.4 Å². The number of nitrogens with one attached hydrogen (secondary N) is 1. The van der Waals surface area contributed by atoms with Crippen LogP contribution in [0.2, 0.25) is 0 Å². The van der Waals surface area contributed by atoms with E-state index >= 15 is 0 Å². The summed E-state index contributed by atoms with van der Waals surface area (Å²) >= 11 is 0. The van der Waals surface area contributed by atoms with Gasteiger partial charge >= 0.3 is 0 Å². The van der Waals surface area contributed by atoms with Crippen LogP contribution < -0.4 is 9.46 Å². The van der Waals surface area contributed by atoms with Crippen molar-refractivity contribution in [3.8, 4) is 5.75 Å². The van der Waals surface area contributed by atoms with Crippen LogP contribution in [0.4, 0.5) is 4.39 Å². The van der Waals surface area contributed by atoms with Crippen molar-refractivity contribution in [2.45, 2.75) is 30.8 Å². The molecular weight excluding hydrogens is 355 g/mol. The van der Waals surface area contributed by atoms with Gasteiger partial charge in [-0.2, -0.15) is 0 Å². The van der Waals surface area contributed by atoms with Gasteiger partial charge in [-0.3, -0.25) is 4.90 Å². The van der Waals surface area contributed by atoms with Gasteiger partial charge in [0.2, 0.25) is 10.0 Å². The van der Waals surface area contributed by atoms with Crippen LogP contribution in [-0.4, -0.2) is 33.5 Å². The lowest BCUT2D eigenvalue weighted by Gasteiger charge is -2.18. The Labute approximate surface area is 153 Å². The zero-order valence-electron chi connectivity index (χ0n) is 14.7. The molecule has 1 aliphatic heterocycles. The minimum absolute atomic E-state index is 0.0138. The Balaban J connectivity index is 1.72. The zero-order chi connectivity index (χ0) is 18.6. The van der Waals surface area contributed by atoms with E-state index in [2.05, 4.69) is 9.62 Å². The summed E-state index contributed by atoms with van der Waals surface area (Å²) in [6, 6.07) is 11.4. The van der Waals surface area contributed by atoms with Gasteiger partial charge in [-0.25, -0.2) is 17.5 Å². The summed E-state index contributed by atoms with van der Waals surface area (Å²) in [4.78, 5) is 2.25. The molecule has 1 heterocycles. The van der Waals surface area contributed by atoms with Gasteiger partial charge in [0, 0.05) is 13.1 Å². The van der Waals surface area contributed by atoms with E-state index in [-0.39, 0.29) is 17.2 Å². The lowest BCUT2D eigenvalue weighted by molar-refractivity contribution is 0.330. The van der Waals surface area contributed by atoms with E-state index in [9.17, 15) is 12.8 Å². The molecule has 140 valence electrons. The van der Waals surface area contributed by atoms with Crippen LogP contribution in [0.1, 0.15) is 24.0 Å². The third kappa shape index (κ3) is 4.41. The molecule has 0 atom stereocenters. The van der Waals surface area contributed by atoms with E-state index in [0.717, 1.165) is 36.8 Å². The Morgan fingerprint density at radius 2 is 1.81 bits per heavy atom. The number of nitrogens with zero attached hydrogens (tertiary/aromatic N) is 1. The third-order valence-electron chi connectivity index (χ3n) is 4.60. The second kappa shape index (κ2) is 8.16. The van der Waals surface area contributed by atoms with Crippen molar-refractivity contribution < 1.29 is 17.5 Å². The number of ether oxygens (including phenoxy) is 1. The van der Waals surface area contributed by atoms with Gasteiger partial charge in [-0.15, -0.1) is 0 Å². The zero-order valence-corrected chi connectivity index (χ0v) is 15.6. The van der Waals surface area contributed by atoms with Crippen LogP contribution in [0.25, 0.3) is 0 Å². The van der Waals surface area contributed by atoms with Crippen molar-refractivity contribution in [2.75, 3.05) is 20.2 Å². The van der Waals surface area contributed by atoms with Crippen LogP contribution in [0.3, 0.4) is 0 Å². The topological polar surface area (TPSA) is 58.6 Å². The maximum Gasteiger partial charge on any atom is 0.240 e. The average molecular weight is 378 g/mol. The van der Waals surface area contributed by atoms with Crippen LogP contribution in [0.15, 0.2) is 47.4 Å². The molecule has 7 heteroatoms. The Kier molecular flexibility index (Phi) is 5.90. The summed E-state index contributed by atoms with van der Waals surface area (Å²) in [7, 11) is -2.47. The molecule has 1 aliphatic rings. The van der Waals surface area contributed by atoms with E-state index < -0.39 is 15.8 Å². The number of hydrogen-bond acceptors (Lipinski definition) is 4. The molecule has 2 aromatic rings. The maximum absolute atomic E-state index is 13.8. The number of methoxy groups -OCH3 is 1. The molecule has 1 saturated heterocycles. The van der Waals surface area contributed by atoms with Gasteiger partial charge < -0.3 is 4.74 Å². The van der Waals surface area contributed by atoms with Crippen LogP contribution >= 0.6 is 0 Å². The molecule has 2 aromatic carbocycles. The first kappa shape index (κ1) is 18.8. The van der Waals surface area contributed by atoms with Crippen LogP contribution in [0, 0.1) is 5.82 Å².